The predicted molar refractivity (Wildman–Crippen MR) is 117 cm³/mol. The van der Waals surface area contributed by atoms with Crippen LogP contribution in [0.1, 0.15) is 65.0 Å². The second-order valence-electron chi connectivity index (χ2n) is 9.58. The van der Waals surface area contributed by atoms with Crippen molar-refractivity contribution in [3.05, 3.63) is 21.7 Å². The molecule has 0 aliphatic heterocycles. The van der Waals surface area contributed by atoms with Gasteiger partial charge in [0.25, 0.3) is 9.04 Å². The first kappa shape index (κ1) is 22.5. The average Bonchev–Trinajstić information content (AvgIpc) is 2.51. The third-order valence-corrected chi connectivity index (χ3v) is 6.91. The molecule has 1 fully saturated rings. The number of hydrogen-bond donors (Lipinski definition) is 0. The highest BCUT2D eigenvalue weighted by Crippen LogP contribution is 2.48. The molecule has 5 heteroatoms. The van der Waals surface area contributed by atoms with E-state index in [4.69, 9.17) is 9.16 Å². The Morgan fingerprint density at radius 3 is 2.41 bits per heavy atom. The number of hydrogen-bond acceptors (Lipinski definition) is 3. The molecular formula is C22H34BrO3Si. The van der Waals surface area contributed by atoms with Crippen LogP contribution in [0.3, 0.4) is 0 Å². The monoisotopic (exact) mass is 453 g/mol. The molecule has 0 heterocycles. The summed E-state index contributed by atoms with van der Waals surface area (Å²) in [5.41, 5.74) is 2.29. The number of benzene rings is 1. The molecule has 27 heavy (non-hydrogen) atoms. The van der Waals surface area contributed by atoms with Gasteiger partial charge in [0.2, 0.25) is 0 Å². The van der Waals surface area contributed by atoms with Crippen LogP contribution in [0.2, 0.25) is 13.1 Å². The molecule has 0 amide bonds. The van der Waals surface area contributed by atoms with Crippen molar-refractivity contribution in [3.63, 3.8) is 0 Å². The summed E-state index contributed by atoms with van der Waals surface area (Å²) < 4.78 is 12.9. The minimum absolute atomic E-state index is 0.0241. The van der Waals surface area contributed by atoms with Crippen molar-refractivity contribution in [3.8, 4) is 11.5 Å². The first-order chi connectivity index (χ1) is 12.4. The van der Waals surface area contributed by atoms with Crippen molar-refractivity contribution in [2.45, 2.75) is 78.8 Å². The molecule has 1 aromatic carbocycles. The fraction of sp³-hybridized carbons (Fsp3) is 0.682. The minimum Gasteiger partial charge on any atom is -0.542 e. The van der Waals surface area contributed by atoms with Crippen LogP contribution >= 0.6 is 15.9 Å². The van der Waals surface area contributed by atoms with Gasteiger partial charge in [-0.15, -0.1) is 0 Å². The number of ketones is 1. The van der Waals surface area contributed by atoms with E-state index in [2.05, 4.69) is 69.7 Å². The Hall–Kier alpha value is -0.813. The van der Waals surface area contributed by atoms with Crippen LogP contribution in [0.4, 0.5) is 0 Å². The van der Waals surface area contributed by atoms with Crippen LogP contribution in [0.15, 0.2) is 10.5 Å². The van der Waals surface area contributed by atoms with Crippen molar-refractivity contribution in [2.75, 3.05) is 7.11 Å². The Kier molecular flexibility index (Phi) is 6.89. The standard InChI is InChI=1S/C22H34BrO3Si/c1-21(2,3)18-14(12-15-16(24)10-9-11-22(15,4)5)13-17(25-6)19(23)20(18)26-27(7)8/h13,15H,9-12H2,1-8H3. The Bertz CT molecular complexity index is 704. The lowest BCUT2D eigenvalue weighted by Crippen LogP contribution is -2.37. The maximum atomic E-state index is 12.8. The van der Waals surface area contributed by atoms with Crippen LogP contribution in [0.5, 0.6) is 11.5 Å². The van der Waals surface area contributed by atoms with Gasteiger partial charge >= 0.3 is 0 Å². The smallest absolute Gasteiger partial charge is 0.274 e. The summed E-state index contributed by atoms with van der Waals surface area (Å²) in [4.78, 5) is 12.8. The van der Waals surface area contributed by atoms with Gasteiger partial charge in [0.05, 0.1) is 7.11 Å². The van der Waals surface area contributed by atoms with Gasteiger partial charge in [-0.25, -0.2) is 0 Å². The van der Waals surface area contributed by atoms with Gasteiger partial charge in [0, 0.05) is 17.9 Å². The van der Waals surface area contributed by atoms with Crippen molar-refractivity contribution < 1.29 is 14.0 Å². The molecule has 1 aliphatic carbocycles. The van der Waals surface area contributed by atoms with Gasteiger partial charge < -0.3 is 9.16 Å². The Balaban J connectivity index is 2.65. The highest BCUT2D eigenvalue weighted by Gasteiger charge is 2.39. The van der Waals surface area contributed by atoms with E-state index >= 15 is 0 Å². The quantitative estimate of drug-likeness (QED) is 0.488. The SMILES string of the molecule is COc1cc(CC2C(=O)CCCC2(C)C)c(C(C)(C)C)c(O[Si](C)C)c1Br. The largest absolute Gasteiger partial charge is 0.542 e. The molecule has 0 bridgehead atoms. The lowest BCUT2D eigenvalue weighted by atomic mass is 9.65. The molecule has 1 atom stereocenters. The highest BCUT2D eigenvalue weighted by molar-refractivity contribution is 9.10. The molecule has 1 saturated carbocycles. The molecule has 0 spiro atoms. The van der Waals surface area contributed by atoms with E-state index < -0.39 is 9.04 Å². The first-order valence-corrected chi connectivity index (χ1v) is 13.0. The van der Waals surface area contributed by atoms with Crippen LogP contribution < -0.4 is 9.16 Å². The lowest BCUT2D eigenvalue weighted by molar-refractivity contribution is -0.129. The van der Waals surface area contributed by atoms with E-state index in [1.54, 1.807) is 7.11 Å². The number of Topliss-reactive ketones (excluding diaryl/α,β-unsaturated/α-hetero) is 1. The maximum absolute atomic E-state index is 12.8. The molecule has 3 nitrogen and oxygen atoms in total. The van der Waals surface area contributed by atoms with Gasteiger partial charge in [-0.2, -0.15) is 0 Å². The minimum atomic E-state index is -0.950. The fourth-order valence-electron chi connectivity index (χ4n) is 4.21. The van der Waals surface area contributed by atoms with Crippen molar-refractivity contribution in [1.82, 2.24) is 0 Å². The molecule has 1 aliphatic rings. The third-order valence-electron chi connectivity index (χ3n) is 5.55. The predicted octanol–water partition coefficient (Wildman–Crippen LogP) is 6.32. The summed E-state index contributed by atoms with van der Waals surface area (Å²) >= 11 is 3.71. The fourth-order valence-corrected chi connectivity index (χ4v) is 5.52. The summed E-state index contributed by atoms with van der Waals surface area (Å²) in [6.07, 6.45) is 3.55. The Morgan fingerprint density at radius 1 is 1.30 bits per heavy atom. The second-order valence-corrected chi connectivity index (χ2v) is 12.4. The normalized spacial score (nSPS) is 20.1. The summed E-state index contributed by atoms with van der Waals surface area (Å²) in [7, 11) is 0.735. The van der Waals surface area contributed by atoms with E-state index in [0.29, 0.717) is 12.2 Å². The molecule has 1 unspecified atom stereocenters. The van der Waals surface area contributed by atoms with E-state index in [9.17, 15) is 4.79 Å². The number of methoxy groups -OCH3 is 1. The van der Waals surface area contributed by atoms with E-state index in [-0.39, 0.29) is 16.7 Å². The van der Waals surface area contributed by atoms with Gasteiger partial charge in [-0.3, -0.25) is 4.79 Å². The van der Waals surface area contributed by atoms with E-state index in [1.165, 1.54) is 11.1 Å². The number of carbonyl (C=O) groups is 1. The zero-order valence-corrected chi connectivity index (χ0v) is 20.7. The van der Waals surface area contributed by atoms with Gasteiger partial charge in [0.15, 0.2) is 0 Å². The highest BCUT2D eigenvalue weighted by atomic mass is 79.9. The molecule has 2 rings (SSSR count). The van der Waals surface area contributed by atoms with Gasteiger partial charge in [-0.05, 0) is 70.7 Å². The number of carbonyl (C=O) groups excluding carboxylic acids is 1. The number of halogens is 1. The third kappa shape index (κ3) is 4.97. The summed E-state index contributed by atoms with van der Waals surface area (Å²) in [6, 6.07) is 2.10. The molecule has 1 radical (unpaired) electrons. The van der Waals surface area contributed by atoms with Gasteiger partial charge in [0.1, 0.15) is 21.8 Å². The summed E-state index contributed by atoms with van der Waals surface area (Å²) in [5.74, 6) is 2.10. The van der Waals surface area contributed by atoms with Crippen LogP contribution in [-0.4, -0.2) is 21.9 Å². The number of ether oxygens (including phenoxy) is 1. The van der Waals surface area contributed by atoms with Crippen LogP contribution in [0, 0.1) is 11.3 Å². The molecule has 0 saturated heterocycles. The zero-order valence-electron chi connectivity index (χ0n) is 18.1. The van der Waals surface area contributed by atoms with E-state index in [0.717, 1.165) is 35.2 Å². The van der Waals surface area contributed by atoms with Crippen molar-refractivity contribution >= 4 is 30.8 Å². The summed E-state index contributed by atoms with van der Waals surface area (Å²) in [5, 5.41) is 0. The topological polar surface area (TPSA) is 35.5 Å². The molecule has 0 aromatic heterocycles. The Labute approximate surface area is 175 Å². The molecule has 151 valence electrons. The average molecular weight is 455 g/mol. The maximum Gasteiger partial charge on any atom is 0.274 e. The molecule has 1 aromatic rings. The van der Waals surface area contributed by atoms with Crippen molar-refractivity contribution in [1.29, 1.82) is 0 Å². The van der Waals surface area contributed by atoms with Crippen LogP contribution in [-0.2, 0) is 16.6 Å². The molecular weight excluding hydrogens is 420 g/mol. The van der Waals surface area contributed by atoms with Gasteiger partial charge in [-0.1, -0.05) is 34.6 Å². The van der Waals surface area contributed by atoms with Crippen LogP contribution in [0.25, 0.3) is 0 Å². The summed E-state index contributed by atoms with van der Waals surface area (Å²) in [6.45, 7) is 15.4. The van der Waals surface area contributed by atoms with Crippen molar-refractivity contribution in [2.24, 2.45) is 11.3 Å². The lowest BCUT2D eigenvalue weighted by Gasteiger charge is -2.39. The first-order valence-electron chi connectivity index (χ1n) is 9.79. The van der Waals surface area contributed by atoms with E-state index in [1.807, 2.05) is 0 Å². The molecule has 0 N–H and O–H groups in total. The number of rotatable bonds is 5. The second kappa shape index (κ2) is 8.28. The Morgan fingerprint density at radius 2 is 1.93 bits per heavy atom. The zero-order chi connectivity index (χ0) is 20.6.